The highest BCUT2D eigenvalue weighted by atomic mass is 32.2. The van der Waals surface area contributed by atoms with Crippen molar-refractivity contribution in [3.05, 3.63) is 29.3 Å². The van der Waals surface area contributed by atoms with E-state index in [4.69, 9.17) is 0 Å². The Kier molecular flexibility index (Phi) is 4.34. The van der Waals surface area contributed by atoms with Gasteiger partial charge >= 0.3 is 21.5 Å². The lowest BCUT2D eigenvalue weighted by Gasteiger charge is -2.17. The van der Waals surface area contributed by atoms with Crippen molar-refractivity contribution in [2.45, 2.75) is 18.4 Å². The van der Waals surface area contributed by atoms with Crippen LogP contribution in [0.25, 0.3) is 0 Å². The van der Waals surface area contributed by atoms with Crippen LogP contribution < -0.4 is 0 Å². The maximum Gasteiger partial charge on any atom is 0.523 e. The second-order valence-corrected chi connectivity index (χ2v) is 5.32. The number of aromatic nitrogens is 1. The van der Waals surface area contributed by atoms with Gasteiger partial charge in [-0.15, -0.1) is 0 Å². The minimum atomic E-state index is -6.19. The molecule has 11 heteroatoms. The Bertz CT molecular complexity index is 598. The number of pyridine rings is 1. The molecule has 0 N–H and O–H groups in total. The van der Waals surface area contributed by atoms with E-state index in [1.807, 2.05) is 0 Å². The minimum Gasteiger partial charge on any atom is -0.256 e. The monoisotopic (exact) mass is 323 g/mol. The van der Waals surface area contributed by atoms with Crippen LogP contribution in [0, 0.1) is 12.7 Å². The molecule has 0 unspecified atom stereocenters. The van der Waals surface area contributed by atoms with Gasteiger partial charge in [-0.3, -0.25) is 9.17 Å². The Morgan fingerprint density at radius 3 is 2.25 bits per heavy atom. The molecule has 0 aliphatic rings. The minimum absolute atomic E-state index is 0.200. The zero-order chi connectivity index (χ0) is 15.8. The third-order valence-corrected chi connectivity index (χ3v) is 3.00. The Hall–Kier alpha value is -1.36. The van der Waals surface area contributed by atoms with Crippen molar-refractivity contribution in [1.29, 1.82) is 0 Å². The number of aryl methyl sites for hydroxylation is 1. The standard InChI is InChI=1S/C9H7F6NO3S/c1-5-2-6(10)7(16-3-5)8(11,12)4-19-20(17,18)9(13,14)15/h2-3H,4H2,1H3. The normalized spacial score (nSPS) is 13.6. The molecule has 0 aliphatic heterocycles. The molecule has 20 heavy (non-hydrogen) atoms. The van der Waals surface area contributed by atoms with Gasteiger partial charge in [0.2, 0.25) is 0 Å². The van der Waals surface area contributed by atoms with Crippen molar-refractivity contribution in [2.75, 3.05) is 6.61 Å². The molecule has 114 valence electrons. The van der Waals surface area contributed by atoms with Gasteiger partial charge in [-0.25, -0.2) is 4.39 Å². The van der Waals surface area contributed by atoms with Crippen molar-refractivity contribution in [1.82, 2.24) is 4.98 Å². The summed E-state index contributed by atoms with van der Waals surface area (Å²) in [5.41, 5.74) is -7.14. The third kappa shape index (κ3) is 3.60. The van der Waals surface area contributed by atoms with Gasteiger partial charge in [0.1, 0.15) is 12.3 Å². The highest BCUT2D eigenvalue weighted by molar-refractivity contribution is 7.87. The number of alkyl halides is 5. The first-order chi connectivity index (χ1) is 8.87. The van der Waals surface area contributed by atoms with Gasteiger partial charge < -0.3 is 0 Å². The largest absolute Gasteiger partial charge is 0.523 e. The molecule has 0 spiro atoms. The summed E-state index contributed by atoms with van der Waals surface area (Å²) in [4.78, 5) is 3.03. The van der Waals surface area contributed by atoms with E-state index in [0.717, 1.165) is 6.20 Å². The Balaban J connectivity index is 2.96. The Morgan fingerprint density at radius 2 is 1.80 bits per heavy atom. The lowest BCUT2D eigenvalue weighted by Crippen LogP contribution is -2.31. The van der Waals surface area contributed by atoms with Gasteiger partial charge in [0.25, 0.3) is 0 Å². The number of rotatable bonds is 4. The van der Waals surface area contributed by atoms with Crippen molar-refractivity contribution >= 4 is 10.1 Å². The van der Waals surface area contributed by atoms with Gasteiger partial charge in [-0.2, -0.15) is 30.4 Å². The fraction of sp³-hybridized carbons (Fsp3) is 0.444. The fourth-order valence-electron chi connectivity index (χ4n) is 1.09. The number of nitrogens with zero attached hydrogens (tertiary/aromatic N) is 1. The summed E-state index contributed by atoms with van der Waals surface area (Å²) in [6.45, 7) is -0.857. The molecule has 0 radical (unpaired) electrons. The summed E-state index contributed by atoms with van der Waals surface area (Å²) in [5.74, 6) is -5.82. The molecule has 0 bridgehead atoms. The molecular weight excluding hydrogens is 316 g/mol. The van der Waals surface area contributed by atoms with Gasteiger partial charge in [-0.05, 0) is 18.6 Å². The highest BCUT2D eigenvalue weighted by Crippen LogP contribution is 2.32. The first kappa shape index (κ1) is 16.7. The van der Waals surface area contributed by atoms with E-state index in [9.17, 15) is 34.8 Å². The van der Waals surface area contributed by atoms with Crippen LogP contribution in [-0.2, 0) is 20.2 Å². The summed E-state index contributed by atoms with van der Waals surface area (Å²) >= 11 is 0. The van der Waals surface area contributed by atoms with E-state index in [-0.39, 0.29) is 5.56 Å². The third-order valence-electron chi connectivity index (χ3n) is 2.00. The van der Waals surface area contributed by atoms with Crippen molar-refractivity contribution < 1.29 is 38.9 Å². The zero-order valence-corrected chi connectivity index (χ0v) is 10.5. The zero-order valence-electron chi connectivity index (χ0n) is 9.71. The lowest BCUT2D eigenvalue weighted by molar-refractivity contribution is -0.0774. The van der Waals surface area contributed by atoms with Crippen LogP contribution in [0.15, 0.2) is 12.3 Å². The van der Waals surface area contributed by atoms with E-state index in [2.05, 4.69) is 9.17 Å². The molecule has 0 saturated carbocycles. The van der Waals surface area contributed by atoms with Crippen LogP contribution in [0.2, 0.25) is 0 Å². The molecule has 0 atom stereocenters. The Labute approximate surface area is 109 Å². The molecule has 1 rings (SSSR count). The molecule has 0 aromatic carbocycles. The predicted octanol–water partition coefficient (Wildman–Crippen LogP) is 2.49. The second-order valence-electron chi connectivity index (χ2n) is 3.71. The SMILES string of the molecule is Cc1cnc(C(F)(F)COS(=O)(=O)C(F)(F)F)c(F)c1. The molecular formula is C9H7F6NO3S. The van der Waals surface area contributed by atoms with Gasteiger partial charge in [-0.1, -0.05) is 0 Å². The summed E-state index contributed by atoms with van der Waals surface area (Å²) in [7, 11) is -6.19. The van der Waals surface area contributed by atoms with Crippen LogP contribution in [0.4, 0.5) is 26.3 Å². The summed E-state index contributed by atoms with van der Waals surface area (Å²) in [6, 6.07) is 0.675. The molecule has 0 saturated heterocycles. The van der Waals surface area contributed by atoms with Gasteiger partial charge in [0, 0.05) is 6.20 Å². The number of hydrogen-bond donors (Lipinski definition) is 0. The Morgan fingerprint density at radius 1 is 1.25 bits per heavy atom. The highest BCUT2D eigenvalue weighted by Gasteiger charge is 2.50. The summed E-state index contributed by atoms with van der Waals surface area (Å²) in [5, 5.41) is 0. The number of halogens is 6. The molecule has 1 heterocycles. The van der Waals surface area contributed by atoms with Crippen molar-refractivity contribution in [2.24, 2.45) is 0 Å². The van der Waals surface area contributed by atoms with E-state index in [0.29, 0.717) is 6.07 Å². The molecule has 1 aromatic heterocycles. The topological polar surface area (TPSA) is 56.3 Å². The number of hydrogen-bond acceptors (Lipinski definition) is 4. The van der Waals surface area contributed by atoms with Crippen LogP contribution in [0.1, 0.15) is 11.3 Å². The smallest absolute Gasteiger partial charge is 0.256 e. The summed E-state index contributed by atoms with van der Waals surface area (Å²) in [6.07, 6.45) is 0.852. The average Bonchev–Trinajstić information content (AvgIpc) is 2.24. The van der Waals surface area contributed by atoms with E-state index in [1.165, 1.54) is 6.92 Å². The molecule has 0 amide bonds. The molecule has 0 aliphatic carbocycles. The maximum absolute atomic E-state index is 13.4. The van der Waals surface area contributed by atoms with Crippen molar-refractivity contribution in [3.63, 3.8) is 0 Å². The van der Waals surface area contributed by atoms with E-state index in [1.54, 1.807) is 0 Å². The van der Waals surface area contributed by atoms with Crippen LogP contribution in [-0.4, -0.2) is 25.5 Å². The van der Waals surface area contributed by atoms with E-state index >= 15 is 0 Å². The van der Waals surface area contributed by atoms with Crippen molar-refractivity contribution in [3.8, 4) is 0 Å². The molecule has 0 fully saturated rings. The maximum atomic E-state index is 13.4. The fourth-order valence-corrected chi connectivity index (χ4v) is 1.53. The lowest BCUT2D eigenvalue weighted by atomic mass is 10.2. The first-order valence-corrected chi connectivity index (χ1v) is 6.24. The first-order valence-electron chi connectivity index (χ1n) is 4.83. The summed E-state index contributed by atoms with van der Waals surface area (Å²) < 4.78 is 99.9. The average molecular weight is 323 g/mol. The van der Waals surface area contributed by atoms with Gasteiger partial charge in [0.05, 0.1) is 0 Å². The van der Waals surface area contributed by atoms with Crippen LogP contribution in [0.5, 0.6) is 0 Å². The van der Waals surface area contributed by atoms with Crippen LogP contribution in [0.3, 0.4) is 0 Å². The second kappa shape index (κ2) is 5.20. The van der Waals surface area contributed by atoms with Gasteiger partial charge in [0.15, 0.2) is 5.82 Å². The molecule has 4 nitrogen and oxygen atoms in total. The quantitative estimate of drug-likeness (QED) is 0.485. The molecule has 1 aromatic rings. The van der Waals surface area contributed by atoms with Crippen LogP contribution >= 0.6 is 0 Å². The van der Waals surface area contributed by atoms with E-state index < -0.39 is 39.7 Å². The predicted molar refractivity (Wildman–Crippen MR) is 53.8 cm³/mol.